The first-order valence-corrected chi connectivity index (χ1v) is 11.3. The van der Waals surface area contributed by atoms with Crippen LogP contribution in [0, 0.1) is 6.92 Å². The maximum absolute atomic E-state index is 12.6. The van der Waals surface area contributed by atoms with Crippen molar-refractivity contribution in [1.82, 2.24) is 0 Å². The predicted octanol–water partition coefficient (Wildman–Crippen LogP) is 2.53. The van der Waals surface area contributed by atoms with Crippen molar-refractivity contribution in [3.63, 3.8) is 0 Å². The van der Waals surface area contributed by atoms with Crippen LogP contribution in [0.5, 0.6) is 5.75 Å². The van der Waals surface area contributed by atoms with Gasteiger partial charge in [-0.3, -0.25) is 4.79 Å². The van der Waals surface area contributed by atoms with Crippen LogP contribution < -0.4 is 15.7 Å². The van der Waals surface area contributed by atoms with E-state index in [9.17, 15) is 19.8 Å². The smallest absolute Gasteiger partial charge is 0.360 e. The zero-order valence-electron chi connectivity index (χ0n) is 20.0. The zero-order chi connectivity index (χ0) is 25.3. The normalized spacial score (nSPS) is 23.7. The minimum atomic E-state index is -1.36. The van der Waals surface area contributed by atoms with E-state index in [1.807, 2.05) is 30.3 Å². The fourth-order valence-electron chi connectivity index (χ4n) is 4.33. The second-order valence-corrected chi connectivity index (χ2v) is 9.11. The Hall–Kier alpha value is -3.24. The van der Waals surface area contributed by atoms with E-state index in [0.717, 1.165) is 5.56 Å². The number of fused-ring (bicyclic) bond motifs is 1. The third-order valence-electron chi connectivity index (χ3n) is 6.12. The minimum absolute atomic E-state index is 0.0352. The molecule has 0 bridgehead atoms. The number of carbonyl (C=O) groups excluding carboxylic acids is 1. The molecule has 2 heterocycles. The summed E-state index contributed by atoms with van der Waals surface area (Å²) in [6.45, 7) is 5.15. The predicted molar refractivity (Wildman–Crippen MR) is 128 cm³/mol. The van der Waals surface area contributed by atoms with Crippen molar-refractivity contribution in [2.24, 2.45) is 0 Å². The Morgan fingerprint density at radius 2 is 1.83 bits per heavy atom. The molecule has 3 aromatic rings. The molecule has 0 saturated carbocycles. The van der Waals surface area contributed by atoms with Crippen molar-refractivity contribution in [2.45, 2.75) is 57.4 Å². The van der Waals surface area contributed by atoms with Crippen LogP contribution in [0.15, 0.2) is 57.7 Å². The van der Waals surface area contributed by atoms with Gasteiger partial charge in [0.15, 0.2) is 0 Å². The molecule has 35 heavy (non-hydrogen) atoms. The van der Waals surface area contributed by atoms with Gasteiger partial charge in [-0.25, -0.2) is 4.79 Å². The lowest BCUT2D eigenvalue weighted by Crippen LogP contribution is -2.63. The number of anilines is 1. The molecule has 1 fully saturated rings. The highest BCUT2D eigenvalue weighted by molar-refractivity contribution is 5.94. The Morgan fingerprint density at radius 1 is 1.11 bits per heavy atom. The first-order chi connectivity index (χ1) is 16.6. The SMILES string of the molecule is COC1C(O)C(O)C(Oc2ccc3cc(NC(=O)Cc4ccccc4)c(=O)oc3c2C)OC1(C)C. The molecular weight excluding hydrogens is 454 g/mol. The van der Waals surface area contributed by atoms with E-state index in [2.05, 4.69) is 5.32 Å². The Balaban J connectivity index is 1.55. The molecule has 1 aliphatic heterocycles. The summed E-state index contributed by atoms with van der Waals surface area (Å²) in [6, 6.07) is 14.1. The fourth-order valence-corrected chi connectivity index (χ4v) is 4.33. The largest absolute Gasteiger partial charge is 0.462 e. The quantitative estimate of drug-likeness (QED) is 0.457. The highest BCUT2D eigenvalue weighted by Crippen LogP contribution is 2.35. The van der Waals surface area contributed by atoms with E-state index < -0.39 is 35.8 Å². The van der Waals surface area contributed by atoms with Gasteiger partial charge in [0.1, 0.15) is 35.3 Å². The van der Waals surface area contributed by atoms with Crippen LogP contribution in [0.4, 0.5) is 5.69 Å². The molecule has 1 aliphatic rings. The van der Waals surface area contributed by atoms with Crippen molar-refractivity contribution in [3.8, 4) is 5.75 Å². The van der Waals surface area contributed by atoms with E-state index in [0.29, 0.717) is 16.7 Å². The number of aliphatic hydroxyl groups is 2. The van der Waals surface area contributed by atoms with E-state index in [1.54, 1.807) is 39.0 Å². The van der Waals surface area contributed by atoms with Crippen LogP contribution in [-0.2, 0) is 20.7 Å². The molecule has 0 radical (unpaired) electrons. The van der Waals surface area contributed by atoms with Crippen LogP contribution in [-0.4, -0.2) is 53.4 Å². The monoisotopic (exact) mass is 483 g/mol. The Labute approximate surface area is 202 Å². The maximum Gasteiger partial charge on any atom is 0.360 e. The van der Waals surface area contributed by atoms with Crippen molar-refractivity contribution in [1.29, 1.82) is 0 Å². The Bertz CT molecular complexity index is 1270. The second kappa shape index (κ2) is 9.79. The first kappa shape index (κ1) is 24.9. The van der Waals surface area contributed by atoms with Crippen LogP contribution in [0.1, 0.15) is 25.0 Å². The van der Waals surface area contributed by atoms with Crippen LogP contribution in [0.2, 0.25) is 0 Å². The molecule has 0 spiro atoms. The number of hydrogen-bond donors (Lipinski definition) is 3. The maximum atomic E-state index is 12.6. The first-order valence-electron chi connectivity index (χ1n) is 11.3. The minimum Gasteiger partial charge on any atom is -0.462 e. The van der Waals surface area contributed by atoms with Crippen molar-refractivity contribution >= 4 is 22.6 Å². The summed E-state index contributed by atoms with van der Waals surface area (Å²) in [5.41, 5.74) is 0.000205. The van der Waals surface area contributed by atoms with Crippen LogP contribution >= 0.6 is 0 Å². The van der Waals surface area contributed by atoms with Crippen LogP contribution in [0.3, 0.4) is 0 Å². The van der Waals surface area contributed by atoms with E-state index >= 15 is 0 Å². The van der Waals surface area contributed by atoms with Crippen molar-refractivity contribution in [2.75, 3.05) is 12.4 Å². The third kappa shape index (κ3) is 5.08. The molecule has 9 heteroatoms. The van der Waals surface area contributed by atoms with Gasteiger partial charge in [0, 0.05) is 18.1 Å². The lowest BCUT2D eigenvalue weighted by molar-refractivity contribution is -0.306. The fraction of sp³-hybridized carbons (Fsp3) is 0.385. The number of aryl methyl sites for hydroxylation is 1. The molecule has 3 N–H and O–H groups in total. The van der Waals surface area contributed by atoms with E-state index in [-0.39, 0.29) is 23.6 Å². The second-order valence-electron chi connectivity index (χ2n) is 9.11. The molecule has 1 aromatic heterocycles. The van der Waals surface area contributed by atoms with Gasteiger partial charge < -0.3 is 34.2 Å². The third-order valence-corrected chi connectivity index (χ3v) is 6.12. The number of hydrogen-bond acceptors (Lipinski definition) is 8. The lowest BCUT2D eigenvalue weighted by Gasteiger charge is -2.46. The molecule has 9 nitrogen and oxygen atoms in total. The number of rotatable bonds is 6. The lowest BCUT2D eigenvalue weighted by atomic mass is 9.89. The number of methoxy groups -OCH3 is 1. The molecular formula is C26H29NO8. The zero-order valence-corrected chi connectivity index (χ0v) is 20.0. The number of carbonyl (C=O) groups is 1. The average Bonchev–Trinajstić information content (AvgIpc) is 2.81. The molecule has 2 aromatic carbocycles. The van der Waals surface area contributed by atoms with Gasteiger partial charge in [0.2, 0.25) is 12.2 Å². The topological polar surface area (TPSA) is 127 Å². The molecule has 4 atom stereocenters. The van der Waals surface area contributed by atoms with E-state index in [4.69, 9.17) is 18.6 Å². The van der Waals surface area contributed by atoms with Crippen molar-refractivity contribution < 1.29 is 33.6 Å². The van der Waals surface area contributed by atoms with Gasteiger partial charge in [-0.15, -0.1) is 0 Å². The standard InChI is InChI=1S/C26H29NO8/c1-14-18(33-25-21(30)20(29)23(32-4)26(2,3)35-25)11-10-16-13-17(24(31)34-22(14)16)27-19(28)12-15-8-6-5-7-9-15/h5-11,13,20-21,23,25,29-30H,12H2,1-4H3,(H,27,28). The van der Waals surface area contributed by atoms with Gasteiger partial charge in [-0.2, -0.15) is 0 Å². The Kier molecular flexibility index (Phi) is 6.95. The van der Waals surface area contributed by atoms with Crippen molar-refractivity contribution in [3.05, 3.63) is 70.1 Å². The molecule has 1 saturated heterocycles. The highest BCUT2D eigenvalue weighted by atomic mass is 16.7. The number of aliphatic hydroxyl groups excluding tert-OH is 2. The summed E-state index contributed by atoms with van der Waals surface area (Å²) >= 11 is 0. The van der Waals surface area contributed by atoms with Gasteiger partial charge in [0.05, 0.1) is 12.0 Å². The number of amides is 1. The Morgan fingerprint density at radius 3 is 2.51 bits per heavy atom. The highest BCUT2D eigenvalue weighted by Gasteiger charge is 2.50. The molecule has 4 unspecified atom stereocenters. The summed E-state index contributed by atoms with van der Waals surface area (Å²) in [4.78, 5) is 25.0. The van der Waals surface area contributed by atoms with Gasteiger partial charge in [-0.05, 0) is 44.5 Å². The van der Waals surface area contributed by atoms with Crippen LogP contribution in [0.25, 0.3) is 11.0 Å². The van der Waals surface area contributed by atoms with Gasteiger partial charge in [0.25, 0.3) is 0 Å². The molecule has 186 valence electrons. The van der Waals surface area contributed by atoms with E-state index in [1.165, 1.54) is 7.11 Å². The number of nitrogens with one attached hydrogen (secondary N) is 1. The molecule has 4 rings (SSSR count). The van der Waals surface area contributed by atoms with Gasteiger partial charge >= 0.3 is 5.63 Å². The summed E-state index contributed by atoms with van der Waals surface area (Å²) in [5.74, 6) is -0.0251. The molecule has 1 amide bonds. The van der Waals surface area contributed by atoms with Gasteiger partial charge in [-0.1, -0.05) is 30.3 Å². The summed E-state index contributed by atoms with van der Waals surface area (Å²) in [5, 5.41) is 24.2. The summed E-state index contributed by atoms with van der Waals surface area (Å²) in [7, 11) is 1.43. The number of benzene rings is 2. The molecule has 0 aliphatic carbocycles. The average molecular weight is 484 g/mol. The summed E-state index contributed by atoms with van der Waals surface area (Å²) in [6.07, 6.45) is -4.39. The number of ether oxygens (including phenoxy) is 3. The summed E-state index contributed by atoms with van der Waals surface area (Å²) < 4.78 is 22.5.